The van der Waals surface area contributed by atoms with Crippen LogP contribution >= 0.6 is 12.4 Å². The maximum Gasteiger partial charge on any atom is 0.142 e. The Morgan fingerprint density at radius 2 is 2.00 bits per heavy atom. The maximum absolute atomic E-state index is 4.50. The molecule has 0 saturated carbocycles. The Morgan fingerprint density at radius 1 is 1.15 bits per heavy atom. The lowest BCUT2D eigenvalue weighted by molar-refractivity contribution is 0.247. The van der Waals surface area contributed by atoms with Crippen LogP contribution in [0, 0.1) is 5.41 Å². The summed E-state index contributed by atoms with van der Waals surface area (Å²) in [6.07, 6.45) is 7.49. The van der Waals surface area contributed by atoms with Crippen molar-refractivity contribution < 1.29 is 0 Å². The molecular weight excluding hydrogens is 274 g/mol. The molecular formula is C14H20ClN5. The lowest BCUT2D eigenvalue weighted by atomic mass is 9.78. The molecule has 2 aliphatic rings. The van der Waals surface area contributed by atoms with Crippen LogP contribution in [0.25, 0.3) is 11.0 Å². The number of hydrogen-bond donors (Lipinski definition) is 2. The van der Waals surface area contributed by atoms with E-state index in [1.54, 1.807) is 6.33 Å². The Kier molecular flexibility index (Phi) is 3.56. The predicted molar refractivity (Wildman–Crippen MR) is 82.5 cm³/mol. The lowest BCUT2D eigenvalue weighted by Gasteiger charge is -2.39. The van der Waals surface area contributed by atoms with Gasteiger partial charge < -0.3 is 15.2 Å². The third kappa shape index (κ3) is 2.15. The van der Waals surface area contributed by atoms with Crippen molar-refractivity contribution in [1.29, 1.82) is 0 Å². The highest BCUT2D eigenvalue weighted by Gasteiger charge is 2.37. The zero-order valence-electron chi connectivity index (χ0n) is 11.4. The van der Waals surface area contributed by atoms with E-state index < -0.39 is 0 Å². The van der Waals surface area contributed by atoms with Gasteiger partial charge in [0.25, 0.3) is 0 Å². The second-order valence-corrected chi connectivity index (χ2v) is 5.85. The summed E-state index contributed by atoms with van der Waals surface area (Å²) in [4.78, 5) is 14.3. The predicted octanol–water partition coefficient (Wildman–Crippen LogP) is 1.96. The number of piperidine rings is 1. The highest BCUT2D eigenvalue weighted by Crippen LogP contribution is 2.38. The van der Waals surface area contributed by atoms with Crippen LogP contribution < -0.4 is 10.2 Å². The van der Waals surface area contributed by atoms with Crippen molar-refractivity contribution in [2.45, 2.75) is 19.3 Å². The molecule has 5 nitrogen and oxygen atoms in total. The first-order valence-corrected chi connectivity index (χ1v) is 7.10. The van der Waals surface area contributed by atoms with Crippen LogP contribution in [0.3, 0.4) is 0 Å². The molecule has 2 saturated heterocycles. The van der Waals surface area contributed by atoms with Gasteiger partial charge in [-0.1, -0.05) is 0 Å². The molecule has 108 valence electrons. The van der Waals surface area contributed by atoms with E-state index in [9.17, 15) is 0 Å². The Balaban J connectivity index is 0.00000121. The van der Waals surface area contributed by atoms with Gasteiger partial charge >= 0.3 is 0 Å². The third-order valence-corrected chi connectivity index (χ3v) is 4.79. The summed E-state index contributed by atoms with van der Waals surface area (Å²) >= 11 is 0. The lowest BCUT2D eigenvalue weighted by Crippen LogP contribution is -2.41. The molecule has 2 aromatic heterocycles. The largest absolute Gasteiger partial charge is 0.356 e. The molecule has 0 radical (unpaired) electrons. The summed E-state index contributed by atoms with van der Waals surface area (Å²) in [7, 11) is 0. The van der Waals surface area contributed by atoms with E-state index in [0.29, 0.717) is 5.41 Å². The summed E-state index contributed by atoms with van der Waals surface area (Å²) < 4.78 is 0. The second-order valence-electron chi connectivity index (χ2n) is 5.85. The molecule has 4 rings (SSSR count). The molecule has 2 N–H and O–H groups in total. The summed E-state index contributed by atoms with van der Waals surface area (Å²) in [5.41, 5.74) is 1.49. The molecule has 0 aromatic carbocycles. The van der Waals surface area contributed by atoms with Crippen molar-refractivity contribution in [2.75, 3.05) is 31.1 Å². The van der Waals surface area contributed by atoms with Crippen LogP contribution in [0.4, 0.5) is 5.82 Å². The number of nitrogens with zero attached hydrogens (tertiary/aromatic N) is 3. The van der Waals surface area contributed by atoms with Crippen LogP contribution in [0.5, 0.6) is 0 Å². The molecule has 2 fully saturated rings. The molecule has 0 aliphatic carbocycles. The van der Waals surface area contributed by atoms with E-state index in [1.807, 2.05) is 6.20 Å². The van der Waals surface area contributed by atoms with Crippen LogP contribution in [0.2, 0.25) is 0 Å². The Bertz CT molecular complexity index is 580. The molecule has 0 bridgehead atoms. The molecule has 2 aromatic rings. The highest BCUT2D eigenvalue weighted by molar-refractivity contribution is 5.87. The molecule has 0 unspecified atom stereocenters. The summed E-state index contributed by atoms with van der Waals surface area (Å²) in [6, 6.07) is 2.08. The van der Waals surface area contributed by atoms with E-state index in [4.69, 9.17) is 0 Å². The van der Waals surface area contributed by atoms with Crippen molar-refractivity contribution >= 4 is 29.3 Å². The Hall–Kier alpha value is -1.33. The number of anilines is 1. The van der Waals surface area contributed by atoms with Gasteiger partial charge in [0.2, 0.25) is 0 Å². The first kappa shape index (κ1) is 13.6. The molecule has 2 aliphatic heterocycles. The quantitative estimate of drug-likeness (QED) is 0.844. The number of rotatable bonds is 1. The minimum absolute atomic E-state index is 0. The summed E-state index contributed by atoms with van der Waals surface area (Å²) in [6.45, 7) is 4.61. The van der Waals surface area contributed by atoms with Gasteiger partial charge in [0.1, 0.15) is 17.8 Å². The van der Waals surface area contributed by atoms with Gasteiger partial charge in [0.15, 0.2) is 0 Å². The standard InChI is InChI=1S/C14H19N5.ClH/c1-5-16-12-11(1)13(18-10-17-12)19-7-3-14(4-8-19)2-6-15-9-14;/h1,5,10,15H,2-4,6-9H2,(H,16,17,18);1H. The number of nitrogens with one attached hydrogen (secondary N) is 2. The minimum Gasteiger partial charge on any atom is -0.356 e. The normalized spacial score (nSPS) is 21.3. The van der Waals surface area contributed by atoms with Crippen molar-refractivity contribution in [3.8, 4) is 0 Å². The molecule has 1 spiro atoms. The van der Waals surface area contributed by atoms with Gasteiger partial charge in [0.05, 0.1) is 5.39 Å². The van der Waals surface area contributed by atoms with Gasteiger partial charge in [-0.3, -0.25) is 0 Å². The fraction of sp³-hybridized carbons (Fsp3) is 0.571. The van der Waals surface area contributed by atoms with E-state index in [0.717, 1.165) is 29.9 Å². The maximum atomic E-state index is 4.50. The summed E-state index contributed by atoms with van der Waals surface area (Å²) in [5, 5.41) is 4.66. The molecule has 0 amide bonds. The summed E-state index contributed by atoms with van der Waals surface area (Å²) in [5.74, 6) is 1.09. The van der Waals surface area contributed by atoms with E-state index in [2.05, 4.69) is 31.2 Å². The fourth-order valence-corrected chi connectivity index (χ4v) is 3.53. The molecule has 0 atom stereocenters. The van der Waals surface area contributed by atoms with E-state index >= 15 is 0 Å². The Labute approximate surface area is 124 Å². The number of aromatic nitrogens is 3. The van der Waals surface area contributed by atoms with Gasteiger partial charge in [-0.2, -0.15) is 0 Å². The first-order valence-electron chi connectivity index (χ1n) is 7.10. The SMILES string of the molecule is Cl.c1nc(N2CCC3(CCNC3)CC2)c2cc[nH]c2n1. The van der Waals surface area contributed by atoms with Gasteiger partial charge in [-0.05, 0) is 37.3 Å². The average molecular weight is 294 g/mol. The van der Waals surface area contributed by atoms with Gasteiger partial charge in [-0.25, -0.2) is 9.97 Å². The van der Waals surface area contributed by atoms with E-state index in [1.165, 1.54) is 32.4 Å². The smallest absolute Gasteiger partial charge is 0.142 e. The fourth-order valence-electron chi connectivity index (χ4n) is 3.53. The monoisotopic (exact) mass is 293 g/mol. The van der Waals surface area contributed by atoms with Crippen molar-refractivity contribution in [1.82, 2.24) is 20.3 Å². The highest BCUT2D eigenvalue weighted by atomic mass is 35.5. The van der Waals surface area contributed by atoms with Crippen molar-refractivity contribution in [3.05, 3.63) is 18.6 Å². The zero-order chi connectivity index (χ0) is 12.7. The van der Waals surface area contributed by atoms with Crippen LogP contribution in [-0.2, 0) is 0 Å². The molecule has 20 heavy (non-hydrogen) atoms. The first-order chi connectivity index (χ1) is 9.36. The van der Waals surface area contributed by atoms with Crippen LogP contribution in [0.15, 0.2) is 18.6 Å². The average Bonchev–Trinajstić information content (AvgIpc) is 3.09. The van der Waals surface area contributed by atoms with Crippen molar-refractivity contribution in [2.24, 2.45) is 5.41 Å². The number of aromatic amines is 1. The number of H-pyrrole nitrogens is 1. The molecule has 4 heterocycles. The van der Waals surface area contributed by atoms with Crippen molar-refractivity contribution in [3.63, 3.8) is 0 Å². The van der Waals surface area contributed by atoms with Gasteiger partial charge in [0, 0.05) is 25.8 Å². The third-order valence-electron chi connectivity index (χ3n) is 4.79. The van der Waals surface area contributed by atoms with Gasteiger partial charge in [-0.15, -0.1) is 12.4 Å². The number of fused-ring (bicyclic) bond motifs is 1. The molecule has 6 heteroatoms. The topological polar surface area (TPSA) is 56.8 Å². The van der Waals surface area contributed by atoms with E-state index in [-0.39, 0.29) is 12.4 Å². The van der Waals surface area contributed by atoms with Crippen LogP contribution in [0.1, 0.15) is 19.3 Å². The Morgan fingerprint density at radius 3 is 2.75 bits per heavy atom. The second kappa shape index (κ2) is 5.22. The number of hydrogen-bond acceptors (Lipinski definition) is 4. The van der Waals surface area contributed by atoms with Crippen LogP contribution in [-0.4, -0.2) is 41.1 Å². The number of halogens is 1. The zero-order valence-corrected chi connectivity index (χ0v) is 12.2. The minimum atomic E-state index is 0.